The van der Waals surface area contributed by atoms with E-state index in [2.05, 4.69) is 25.1 Å². The molecule has 2 heteroatoms. The lowest BCUT2D eigenvalue weighted by Crippen LogP contribution is -2.46. The van der Waals surface area contributed by atoms with Gasteiger partial charge in [-0.05, 0) is 73.5 Å². The Hall–Kier alpha value is -0.890. The normalized spacial score (nSPS) is 44.8. The molecule has 0 saturated heterocycles. The number of hydrogen-bond acceptors (Lipinski definition) is 1. The Morgan fingerprint density at radius 2 is 2.29 bits per heavy atom. The molecule has 2 saturated carbocycles. The number of benzene rings is 1. The standard InChI is InChI=1S/C19H24FO/c1-2-19-10-9-14-13-6-4-3-5-12(13)7-8-15(14)16(19)11-17(20)18(19)21/h4-6,14-18,21H,2,7-11H2,1H3/t14-,15-,16+,17-,18-,19+/m1/s1. The summed E-state index contributed by atoms with van der Waals surface area (Å²) in [5, 5.41) is 10.4. The molecule has 4 rings (SSSR count). The van der Waals surface area contributed by atoms with Crippen molar-refractivity contribution in [3.63, 3.8) is 0 Å². The molecule has 2 fully saturated rings. The van der Waals surface area contributed by atoms with E-state index in [4.69, 9.17) is 0 Å². The van der Waals surface area contributed by atoms with Crippen LogP contribution in [0.4, 0.5) is 4.39 Å². The Morgan fingerprint density at radius 3 is 3.10 bits per heavy atom. The van der Waals surface area contributed by atoms with Crippen LogP contribution in [0.1, 0.15) is 56.1 Å². The van der Waals surface area contributed by atoms with Crippen molar-refractivity contribution < 1.29 is 9.50 Å². The highest BCUT2D eigenvalue weighted by Gasteiger charge is 2.59. The van der Waals surface area contributed by atoms with E-state index in [9.17, 15) is 9.50 Å². The highest BCUT2D eigenvalue weighted by Crippen LogP contribution is 2.62. The van der Waals surface area contributed by atoms with Crippen LogP contribution >= 0.6 is 0 Å². The van der Waals surface area contributed by atoms with Crippen molar-refractivity contribution in [2.75, 3.05) is 0 Å². The number of halogens is 1. The lowest BCUT2D eigenvalue weighted by atomic mass is 9.54. The Kier molecular flexibility index (Phi) is 3.15. The maximum absolute atomic E-state index is 14.3. The second-order valence-electron chi connectivity index (χ2n) is 7.36. The zero-order valence-corrected chi connectivity index (χ0v) is 12.7. The summed E-state index contributed by atoms with van der Waals surface area (Å²) >= 11 is 0. The molecule has 1 aromatic carbocycles. The van der Waals surface area contributed by atoms with Gasteiger partial charge in [-0.15, -0.1) is 0 Å². The van der Waals surface area contributed by atoms with Crippen molar-refractivity contribution in [3.8, 4) is 0 Å². The van der Waals surface area contributed by atoms with E-state index < -0.39 is 12.3 Å². The van der Waals surface area contributed by atoms with Crippen molar-refractivity contribution >= 4 is 0 Å². The monoisotopic (exact) mass is 287 g/mol. The van der Waals surface area contributed by atoms with Crippen molar-refractivity contribution in [2.45, 2.75) is 63.6 Å². The second kappa shape index (κ2) is 4.81. The van der Waals surface area contributed by atoms with Gasteiger partial charge in [0.1, 0.15) is 6.17 Å². The molecular formula is C19H24FO. The van der Waals surface area contributed by atoms with Crippen molar-refractivity contribution in [1.29, 1.82) is 0 Å². The Labute approximate surface area is 126 Å². The first kappa shape index (κ1) is 13.8. The number of aliphatic hydroxyl groups is 1. The zero-order valence-electron chi connectivity index (χ0n) is 12.7. The van der Waals surface area contributed by atoms with E-state index >= 15 is 0 Å². The molecule has 0 spiro atoms. The smallest absolute Gasteiger partial charge is 0.127 e. The molecule has 0 bridgehead atoms. The number of aliphatic hydroxyl groups excluding tert-OH is 1. The van der Waals surface area contributed by atoms with Crippen LogP contribution in [0.25, 0.3) is 0 Å². The van der Waals surface area contributed by atoms with Crippen molar-refractivity contribution in [3.05, 3.63) is 35.4 Å². The lowest BCUT2D eigenvalue weighted by molar-refractivity contribution is -0.0520. The molecular weight excluding hydrogens is 263 g/mol. The maximum Gasteiger partial charge on any atom is 0.127 e. The van der Waals surface area contributed by atoms with Crippen LogP contribution in [0.15, 0.2) is 18.2 Å². The molecule has 1 nitrogen and oxygen atoms in total. The first-order valence-corrected chi connectivity index (χ1v) is 8.48. The van der Waals surface area contributed by atoms with Gasteiger partial charge < -0.3 is 5.11 Å². The van der Waals surface area contributed by atoms with E-state index in [0.29, 0.717) is 24.2 Å². The Morgan fingerprint density at radius 1 is 1.43 bits per heavy atom. The van der Waals surface area contributed by atoms with Gasteiger partial charge >= 0.3 is 0 Å². The average Bonchev–Trinajstić information content (AvgIpc) is 2.79. The predicted molar refractivity (Wildman–Crippen MR) is 80.8 cm³/mol. The first-order chi connectivity index (χ1) is 10.2. The van der Waals surface area contributed by atoms with Gasteiger partial charge in [0, 0.05) is 5.41 Å². The van der Waals surface area contributed by atoms with Gasteiger partial charge in [-0.25, -0.2) is 4.39 Å². The molecule has 1 aromatic rings. The quantitative estimate of drug-likeness (QED) is 0.826. The number of aryl methyl sites for hydroxylation is 1. The van der Waals surface area contributed by atoms with Gasteiger partial charge in [0.15, 0.2) is 0 Å². The van der Waals surface area contributed by atoms with Crippen LogP contribution in [-0.2, 0) is 6.42 Å². The lowest BCUT2D eigenvalue weighted by Gasteiger charge is -2.51. The largest absolute Gasteiger partial charge is 0.390 e. The Balaban J connectivity index is 1.72. The summed E-state index contributed by atoms with van der Waals surface area (Å²) in [6, 6.07) is 9.57. The van der Waals surface area contributed by atoms with Crippen LogP contribution in [0, 0.1) is 23.3 Å². The fraction of sp³-hybridized carbons (Fsp3) is 0.684. The van der Waals surface area contributed by atoms with Gasteiger partial charge in [-0.3, -0.25) is 0 Å². The molecule has 3 aliphatic carbocycles. The van der Waals surface area contributed by atoms with E-state index in [1.165, 1.54) is 11.1 Å². The van der Waals surface area contributed by atoms with E-state index in [1.807, 2.05) is 6.07 Å². The van der Waals surface area contributed by atoms with Gasteiger partial charge in [0.2, 0.25) is 0 Å². The third kappa shape index (κ3) is 1.78. The molecule has 0 amide bonds. The van der Waals surface area contributed by atoms with Crippen LogP contribution in [-0.4, -0.2) is 17.4 Å². The number of fused-ring (bicyclic) bond motifs is 5. The van der Waals surface area contributed by atoms with Crippen LogP contribution in [0.2, 0.25) is 0 Å². The fourth-order valence-corrected chi connectivity index (χ4v) is 5.85. The summed E-state index contributed by atoms with van der Waals surface area (Å²) in [7, 11) is 0. The molecule has 1 radical (unpaired) electrons. The molecule has 0 unspecified atom stereocenters. The minimum absolute atomic E-state index is 0.154. The third-order valence-electron chi connectivity index (χ3n) is 6.90. The second-order valence-corrected chi connectivity index (χ2v) is 7.36. The van der Waals surface area contributed by atoms with Crippen molar-refractivity contribution in [1.82, 2.24) is 0 Å². The minimum atomic E-state index is -1.01. The molecule has 6 atom stereocenters. The van der Waals surface area contributed by atoms with Crippen molar-refractivity contribution in [2.24, 2.45) is 17.3 Å². The predicted octanol–water partition coefficient (Wildman–Crippen LogP) is 4.04. The van der Waals surface area contributed by atoms with E-state index in [-0.39, 0.29) is 5.41 Å². The Bertz CT molecular complexity index is 542. The van der Waals surface area contributed by atoms with Gasteiger partial charge in [0.05, 0.1) is 6.10 Å². The molecule has 113 valence electrons. The molecule has 21 heavy (non-hydrogen) atoms. The zero-order chi connectivity index (χ0) is 14.6. The highest BCUT2D eigenvalue weighted by atomic mass is 19.1. The first-order valence-electron chi connectivity index (χ1n) is 8.48. The molecule has 3 aliphatic rings. The van der Waals surface area contributed by atoms with Gasteiger partial charge in [-0.1, -0.05) is 25.1 Å². The summed E-state index contributed by atoms with van der Waals surface area (Å²) in [5.41, 5.74) is 2.77. The van der Waals surface area contributed by atoms with Gasteiger partial charge in [0.25, 0.3) is 0 Å². The average molecular weight is 287 g/mol. The summed E-state index contributed by atoms with van der Waals surface area (Å²) in [5.74, 6) is 1.50. The van der Waals surface area contributed by atoms with Crippen LogP contribution in [0.5, 0.6) is 0 Å². The summed E-state index contributed by atoms with van der Waals surface area (Å²) in [4.78, 5) is 0. The van der Waals surface area contributed by atoms with E-state index in [0.717, 1.165) is 32.1 Å². The topological polar surface area (TPSA) is 20.2 Å². The summed E-state index contributed by atoms with van der Waals surface area (Å²) in [6.07, 6.45) is 4.07. The minimum Gasteiger partial charge on any atom is -0.390 e. The highest BCUT2D eigenvalue weighted by molar-refractivity contribution is 5.34. The molecule has 0 heterocycles. The summed E-state index contributed by atoms with van der Waals surface area (Å²) < 4.78 is 14.3. The fourth-order valence-electron chi connectivity index (χ4n) is 5.85. The summed E-state index contributed by atoms with van der Waals surface area (Å²) in [6.45, 7) is 2.14. The number of hydrogen-bond donors (Lipinski definition) is 1. The number of alkyl halides is 1. The molecule has 0 aromatic heterocycles. The van der Waals surface area contributed by atoms with E-state index in [1.54, 1.807) is 0 Å². The number of rotatable bonds is 1. The molecule has 1 N–H and O–H groups in total. The van der Waals surface area contributed by atoms with Crippen LogP contribution < -0.4 is 0 Å². The SMILES string of the molecule is CC[C@]12CC[C@@H]3c4cc[c]cc4CC[C@H]3[C@@H]1C[C@@H](F)[C@H]2O. The molecule has 0 aliphatic heterocycles. The van der Waals surface area contributed by atoms with Crippen LogP contribution in [0.3, 0.4) is 0 Å². The van der Waals surface area contributed by atoms with Gasteiger partial charge in [-0.2, -0.15) is 0 Å². The maximum atomic E-state index is 14.3. The third-order valence-corrected chi connectivity index (χ3v) is 6.90.